The van der Waals surface area contributed by atoms with E-state index in [9.17, 15) is 19.8 Å². The molecule has 7 rings (SSSR count). The third kappa shape index (κ3) is 3.56. The van der Waals surface area contributed by atoms with Crippen molar-refractivity contribution in [2.24, 2.45) is 56.2 Å². The Balaban J connectivity index is 1.43. The van der Waals surface area contributed by atoms with Crippen molar-refractivity contribution in [2.45, 2.75) is 131 Å². The summed E-state index contributed by atoms with van der Waals surface area (Å²) in [5.74, 6) is -1.64. The largest absolute Gasteiger partial charge is 0.481 e. The minimum atomic E-state index is -1.08. The highest BCUT2D eigenvalue weighted by molar-refractivity contribution is 5.79. The number of rotatable bonds is 4. The molecule has 0 aromatic carbocycles. The zero-order valence-corrected chi connectivity index (χ0v) is 26.8. The number of aliphatic carboxylic acids is 1. The number of carboxylic acid groups (broad SMARTS) is 1. The quantitative estimate of drug-likeness (QED) is 0.276. The van der Waals surface area contributed by atoms with Crippen LogP contribution in [-0.4, -0.2) is 40.6 Å². The van der Waals surface area contributed by atoms with Gasteiger partial charge in [-0.3, -0.25) is 9.59 Å². The van der Waals surface area contributed by atoms with Crippen molar-refractivity contribution in [2.75, 3.05) is 6.61 Å². The number of carbonyl (C=O) groups excluding carboxylic acids is 1. The predicted molar refractivity (Wildman–Crippen MR) is 157 cm³/mol. The fourth-order valence-electron chi connectivity index (χ4n) is 11.8. The molecule has 5 aliphatic carbocycles. The molecule has 6 fully saturated rings. The average molecular weight is 571 g/mol. The molecule has 0 radical (unpaired) electrons. The topological polar surface area (TPSA) is 93.1 Å². The summed E-state index contributed by atoms with van der Waals surface area (Å²) in [5.41, 5.74) is -0.275. The lowest BCUT2D eigenvalue weighted by Crippen LogP contribution is -2.73. The number of carbonyl (C=O) groups is 2. The molecule has 6 heteroatoms. The molecule has 0 aromatic rings. The van der Waals surface area contributed by atoms with Gasteiger partial charge < -0.3 is 19.7 Å². The maximum absolute atomic E-state index is 13.4. The van der Waals surface area contributed by atoms with Crippen LogP contribution < -0.4 is 0 Å². The van der Waals surface area contributed by atoms with Crippen molar-refractivity contribution in [3.8, 4) is 0 Å². The normalized spacial score (nSPS) is 49.8. The van der Waals surface area contributed by atoms with Gasteiger partial charge in [-0.15, -0.1) is 0 Å². The molecule has 4 saturated carbocycles. The number of allylic oxidation sites excluding steroid dienone is 2. The van der Waals surface area contributed by atoms with E-state index < -0.39 is 23.3 Å². The Morgan fingerprint density at radius 3 is 2.34 bits per heavy atom. The Labute approximate surface area is 247 Å². The molecular formula is C35H54O6. The molecule has 10 atom stereocenters. The average Bonchev–Trinajstić information content (AvgIpc) is 2.88. The van der Waals surface area contributed by atoms with E-state index in [-0.39, 0.29) is 44.9 Å². The number of carboxylic acids is 1. The van der Waals surface area contributed by atoms with Gasteiger partial charge in [-0.1, -0.05) is 67.0 Å². The van der Waals surface area contributed by atoms with Gasteiger partial charge in [-0.25, -0.2) is 0 Å². The van der Waals surface area contributed by atoms with Gasteiger partial charge in [0.2, 0.25) is 0 Å². The number of hydrogen-bond donors (Lipinski definition) is 2. The lowest BCUT2D eigenvalue weighted by Gasteiger charge is -2.74. The van der Waals surface area contributed by atoms with E-state index in [4.69, 9.17) is 9.47 Å². The van der Waals surface area contributed by atoms with E-state index in [0.29, 0.717) is 44.1 Å². The second-order valence-corrected chi connectivity index (χ2v) is 17.0. The molecule has 2 bridgehead atoms. The first-order chi connectivity index (χ1) is 18.9. The van der Waals surface area contributed by atoms with Crippen LogP contribution in [-0.2, 0) is 19.1 Å². The van der Waals surface area contributed by atoms with Crippen molar-refractivity contribution >= 4 is 11.9 Å². The first-order valence-electron chi connectivity index (χ1n) is 16.4. The zero-order chi connectivity index (χ0) is 30.0. The van der Waals surface area contributed by atoms with Crippen molar-refractivity contribution in [3.05, 3.63) is 11.6 Å². The summed E-state index contributed by atoms with van der Waals surface area (Å²) in [6.45, 7) is 18.3. The molecule has 7 aliphatic rings. The summed E-state index contributed by atoms with van der Waals surface area (Å²) >= 11 is 0. The second kappa shape index (κ2) is 8.83. The summed E-state index contributed by atoms with van der Waals surface area (Å²) in [5, 5.41) is 22.5. The highest BCUT2D eigenvalue weighted by Gasteiger charge is 2.75. The van der Waals surface area contributed by atoms with Crippen molar-refractivity contribution in [1.82, 2.24) is 0 Å². The minimum Gasteiger partial charge on any atom is -0.481 e. The van der Waals surface area contributed by atoms with Gasteiger partial charge in [0.1, 0.15) is 11.5 Å². The Kier molecular flexibility index (Phi) is 6.39. The van der Waals surface area contributed by atoms with Gasteiger partial charge in [-0.2, -0.15) is 0 Å². The van der Waals surface area contributed by atoms with Crippen molar-refractivity contribution in [1.29, 1.82) is 0 Å². The van der Waals surface area contributed by atoms with Gasteiger partial charge in [0.25, 0.3) is 0 Å². The fourth-order valence-corrected chi connectivity index (χ4v) is 11.8. The Morgan fingerprint density at radius 1 is 1.02 bits per heavy atom. The maximum atomic E-state index is 13.4. The van der Waals surface area contributed by atoms with Crippen LogP contribution in [0, 0.1) is 56.2 Å². The smallest absolute Gasteiger partial charge is 0.314 e. The summed E-state index contributed by atoms with van der Waals surface area (Å²) in [4.78, 5) is 26.5. The van der Waals surface area contributed by atoms with Gasteiger partial charge in [-0.05, 0) is 85.9 Å². The zero-order valence-electron chi connectivity index (χ0n) is 26.8. The predicted octanol–water partition coefficient (Wildman–Crippen LogP) is 7.14. The number of fused-ring (bicyclic) bond motifs is 7. The van der Waals surface area contributed by atoms with Crippen LogP contribution in [0.15, 0.2) is 11.6 Å². The van der Waals surface area contributed by atoms with Crippen LogP contribution in [0.3, 0.4) is 0 Å². The monoisotopic (exact) mass is 570 g/mol. The van der Waals surface area contributed by atoms with Crippen molar-refractivity contribution in [3.63, 3.8) is 0 Å². The molecule has 0 aromatic heterocycles. The lowest BCUT2D eigenvalue weighted by atomic mass is 9.32. The van der Waals surface area contributed by atoms with Crippen LogP contribution in [0.25, 0.3) is 0 Å². The Hall–Kier alpha value is -1.40. The van der Waals surface area contributed by atoms with Crippen molar-refractivity contribution < 1.29 is 29.3 Å². The Morgan fingerprint density at radius 2 is 1.73 bits per heavy atom. The number of hydrogen-bond acceptors (Lipinski definition) is 5. The third-order valence-electron chi connectivity index (χ3n) is 14.7. The molecule has 41 heavy (non-hydrogen) atoms. The number of aliphatic hydroxyl groups is 1. The summed E-state index contributed by atoms with van der Waals surface area (Å²) in [6.07, 6.45) is 10.0. The maximum Gasteiger partial charge on any atom is 0.314 e. The second-order valence-electron chi connectivity index (χ2n) is 17.0. The molecule has 2 N–H and O–H groups in total. The molecule has 1 unspecified atom stereocenters. The summed E-state index contributed by atoms with van der Waals surface area (Å²) in [7, 11) is 0. The highest BCUT2D eigenvalue weighted by atomic mass is 16.6. The van der Waals surface area contributed by atoms with E-state index in [2.05, 4.69) is 47.6 Å². The van der Waals surface area contributed by atoms with Gasteiger partial charge in [0.15, 0.2) is 5.79 Å². The van der Waals surface area contributed by atoms with Crippen LogP contribution in [0.5, 0.6) is 0 Å². The first-order valence-corrected chi connectivity index (χ1v) is 16.4. The molecule has 230 valence electrons. The van der Waals surface area contributed by atoms with Crippen LogP contribution >= 0.6 is 0 Å². The van der Waals surface area contributed by atoms with Crippen LogP contribution in [0.2, 0.25) is 0 Å². The number of esters is 1. The van der Waals surface area contributed by atoms with Crippen LogP contribution in [0.1, 0.15) is 120 Å². The Bertz CT molecular complexity index is 1160. The molecule has 2 aliphatic heterocycles. The fraction of sp³-hybridized carbons (Fsp3) is 0.886. The lowest BCUT2D eigenvalue weighted by molar-refractivity contribution is -0.395. The van der Waals surface area contributed by atoms with E-state index >= 15 is 0 Å². The van der Waals surface area contributed by atoms with E-state index in [0.717, 1.165) is 38.5 Å². The summed E-state index contributed by atoms with van der Waals surface area (Å²) in [6, 6.07) is 0. The summed E-state index contributed by atoms with van der Waals surface area (Å²) < 4.78 is 12.6. The molecule has 6 nitrogen and oxygen atoms in total. The van der Waals surface area contributed by atoms with E-state index in [1.54, 1.807) is 0 Å². The molecule has 1 spiro atoms. The number of ether oxygens (including phenoxy) is 2. The third-order valence-corrected chi connectivity index (χ3v) is 14.7. The minimum absolute atomic E-state index is 0.00890. The molecular weight excluding hydrogens is 516 g/mol. The van der Waals surface area contributed by atoms with Gasteiger partial charge >= 0.3 is 11.9 Å². The molecule has 2 saturated heterocycles. The van der Waals surface area contributed by atoms with Gasteiger partial charge in [0, 0.05) is 23.2 Å². The van der Waals surface area contributed by atoms with Gasteiger partial charge in [0.05, 0.1) is 12.5 Å². The van der Waals surface area contributed by atoms with E-state index in [1.807, 2.05) is 13.8 Å². The van der Waals surface area contributed by atoms with Crippen LogP contribution in [0.4, 0.5) is 0 Å². The standard InChI is InChI=1S/C35H54O6/c1-9-21(2)27(36)41-26-19-29(3,4)18-23-22-10-11-25-32(8,31(22,7)14-16-34(23,26)28(37)38)13-12-24-30(5,6)35(39)17-15-33(24,25)20-40-35/h10,21,23-26,39H,9,11-20H2,1-8H3,(H,37,38)/t21?,23-,24-,25-,26+,31+,32+,33+,34-,35+/m0/s1. The first kappa shape index (κ1) is 29.7. The molecule has 0 amide bonds. The molecule has 2 heterocycles. The SMILES string of the molecule is CCC(C)C(=O)O[C@@H]1CC(C)(C)C[C@H]2C3=CC[C@@H]4[C@]56CC[C@@](O)(OC5)C(C)(C)[C@@H]6CC[C@@]4(C)[C@]3(C)CC[C@@]12C(=O)O. The highest BCUT2D eigenvalue weighted by Crippen LogP contribution is 2.78. The van der Waals surface area contributed by atoms with E-state index in [1.165, 1.54) is 5.57 Å².